The maximum Gasteiger partial charge on any atom is 0.233 e. The first-order valence-electron chi connectivity index (χ1n) is 9.39. The Balaban J connectivity index is 1.61. The minimum absolute atomic E-state index is 0.313. The van der Waals surface area contributed by atoms with Gasteiger partial charge in [0.15, 0.2) is 0 Å². The predicted molar refractivity (Wildman–Crippen MR) is 111 cm³/mol. The van der Waals surface area contributed by atoms with Crippen LogP contribution in [-0.4, -0.2) is 36.9 Å². The summed E-state index contributed by atoms with van der Waals surface area (Å²) in [6.45, 7) is 4.54. The van der Waals surface area contributed by atoms with E-state index in [1.165, 1.54) is 0 Å². The van der Waals surface area contributed by atoms with Crippen LogP contribution < -0.4 is 0 Å². The van der Waals surface area contributed by atoms with Crippen LogP contribution in [0.2, 0.25) is 0 Å². The second-order valence-corrected chi connectivity index (χ2v) is 6.53. The zero-order chi connectivity index (χ0) is 20.4. The number of benzene rings is 2. The number of hydrogen-bond acceptors (Lipinski definition) is 6. The molecule has 4 rings (SSSR count). The molecule has 0 N–H and O–H groups in total. The molecular weight excluding hydrogens is 368 g/mol. The Morgan fingerprint density at radius 2 is 1.21 bits per heavy atom. The molecule has 2 aliphatic heterocycles. The number of ether oxygens (including phenoxy) is 2. The van der Waals surface area contributed by atoms with Crippen molar-refractivity contribution in [2.75, 3.05) is 13.2 Å². The molecule has 6 heteroatoms. The van der Waals surface area contributed by atoms with Crippen molar-refractivity contribution in [1.82, 2.24) is 0 Å². The van der Waals surface area contributed by atoms with Crippen molar-refractivity contribution in [3.8, 4) is 0 Å². The first kappa shape index (κ1) is 18.6. The molecule has 0 fully saturated rings. The van der Waals surface area contributed by atoms with Crippen LogP contribution in [0.15, 0.2) is 46.4 Å². The highest BCUT2D eigenvalue weighted by molar-refractivity contribution is 6.32. The third kappa shape index (κ3) is 3.32. The van der Waals surface area contributed by atoms with Gasteiger partial charge in [-0.25, -0.2) is 19.6 Å². The molecule has 0 saturated heterocycles. The van der Waals surface area contributed by atoms with Crippen LogP contribution in [0, 0.1) is 0 Å². The molecule has 29 heavy (non-hydrogen) atoms. The van der Waals surface area contributed by atoms with E-state index in [0.717, 1.165) is 22.3 Å². The highest BCUT2D eigenvalue weighted by Gasteiger charge is 2.25. The van der Waals surface area contributed by atoms with E-state index in [1.54, 1.807) is 0 Å². The molecule has 2 heterocycles. The van der Waals surface area contributed by atoms with E-state index in [9.17, 15) is 9.59 Å². The fourth-order valence-corrected chi connectivity index (χ4v) is 3.46. The average molecular weight is 386 g/mol. The summed E-state index contributed by atoms with van der Waals surface area (Å²) >= 11 is 0. The standard InChI is InChI=1S/C23H18N2O4/c1-3-28-22-18(12-26)16-10-14(5-7-20(16)24-22)9-15-6-8-21-17(11-15)19(13-27)23(25-21)29-4-2/h5-8,10-11H,3-4,9H2,1-2H3. The van der Waals surface area contributed by atoms with Crippen LogP contribution in [0.1, 0.15) is 36.1 Å². The summed E-state index contributed by atoms with van der Waals surface area (Å²) in [6, 6.07) is 11.5. The van der Waals surface area contributed by atoms with E-state index in [0.29, 0.717) is 54.0 Å². The van der Waals surface area contributed by atoms with E-state index in [2.05, 4.69) is 9.98 Å². The van der Waals surface area contributed by atoms with Crippen molar-refractivity contribution in [3.63, 3.8) is 0 Å². The maximum absolute atomic E-state index is 11.4. The van der Waals surface area contributed by atoms with Gasteiger partial charge in [-0.15, -0.1) is 0 Å². The van der Waals surface area contributed by atoms with Crippen LogP contribution >= 0.6 is 0 Å². The third-order valence-corrected chi connectivity index (χ3v) is 4.71. The monoisotopic (exact) mass is 386 g/mol. The Morgan fingerprint density at radius 3 is 1.59 bits per heavy atom. The minimum atomic E-state index is 0.313. The molecule has 6 nitrogen and oxygen atoms in total. The van der Waals surface area contributed by atoms with Gasteiger partial charge >= 0.3 is 0 Å². The molecule has 2 aromatic carbocycles. The first-order chi connectivity index (χ1) is 14.2. The zero-order valence-corrected chi connectivity index (χ0v) is 16.1. The van der Waals surface area contributed by atoms with Crippen LogP contribution in [0.4, 0.5) is 11.4 Å². The highest BCUT2D eigenvalue weighted by atomic mass is 16.5. The summed E-state index contributed by atoms with van der Waals surface area (Å²) in [6.07, 6.45) is 0.618. The van der Waals surface area contributed by atoms with Crippen molar-refractivity contribution in [3.05, 3.63) is 58.7 Å². The lowest BCUT2D eigenvalue weighted by molar-refractivity contribution is 0.333. The summed E-state index contributed by atoms with van der Waals surface area (Å²) in [4.78, 5) is 31.5. The molecule has 0 unspecified atom stereocenters. The van der Waals surface area contributed by atoms with Gasteiger partial charge in [0.2, 0.25) is 11.8 Å². The number of nitrogens with zero attached hydrogens (tertiary/aromatic N) is 2. The summed E-state index contributed by atoms with van der Waals surface area (Å²) in [7, 11) is 0. The molecule has 0 spiro atoms. The fraction of sp³-hybridized carbons (Fsp3) is 0.217. The minimum Gasteiger partial charge on any atom is -0.477 e. The van der Waals surface area contributed by atoms with E-state index in [4.69, 9.17) is 9.47 Å². The Hall–Kier alpha value is -3.72. The van der Waals surface area contributed by atoms with Gasteiger partial charge in [0, 0.05) is 11.1 Å². The van der Waals surface area contributed by atoms with Gasteiger partial charge in [0.25, 0.3) is 0 Å². The summed E-state index contributed by atoms with van der Waals surface area (Å²) < 4.78 is 10.9. The van der Waals surface area contributed by atoms with Crippen molar-refractivity contribution in [2.24, 2.45) is 9.98 Å². The van der Waals surface area contributed by atoms with Crippen LogP contribution in [0.5, 0.6) is 0 Å². The van der Waals surface area contributed by atoms with Gasteiger partial charge < -0.3 is 9.47 Å². The first-order valence-corrected chi connectivity index (χ1v) is 9.39. The number of hydrogen-bond donors (Lipinski definition) is 0. The van der Waals surface area contributed by atoms with Crippen molar-refractivity contribution in [1.29, 1.82) is 0 Å². The molecule has 0 bridgehead atoms. The van der Waals surface area contributed by atoms with Crippen LogP contribution in [0.25, 0.3) is 11.1 Å². The van der Waals surface area contributed by atoms with E-state index in [1.807, 2.05) is 62.1 Å². The Labute approximate surface area is 167 Å². The lowest BCUT2D eigenvalue weighted by Crippen LogP contribution is -2.04. The van der Waals surface area contributed by atoms with Gasteiger partial charge in [-0.2, -0.15) is 0 Å². The number of rotatable bonds is 4. The van der Waals surface area contributed by atoms with Gasteiger partial charge in [-0.3, -0.25) is 0 Å². The van der Waals surface area contributed by atoms with E-state index >= 15 is 0 Å². The molecular formula is C23H18N2O4. The molecule has 0 radical (unpaired) electrons. The largest absolute Gasteiger partial charge is 0.477 e. The van der Waals surface area contributed by atoms with Crippen LogP contribution in [0.3, 0.4) is 0 Å². The van der Waals surface area contributed by atoms with Gasteiger partial charge in [-0.1, -0.05) is 12.1 Å². The molecule has 0 aliphatic carbocycles. The Morgan fingerprint density at radius 1 is 0.759 bits per heavy atom. The molecule has 0 aromatic heterocycles. The normalized spacial score (nSPS) is 13.9. The van der Waals surface area contributed by atoms with E-state index in [-0.39, 0.29) is 0 Å². The highest BCUT2D eigenvalue weighted by Crippen LogP contribution is 2.37. The fourth-order valence-electron chi connectivity index (χ4n) is 3.46. The van der Waals surface area contributed by atoms with Gasteiger partial charge in [-0.05, 0) is 55.7 Å². The van der Waals surface area contributed by atoms with Crippen molar-refractivity contribution >= 4 is 46.2 Å². The van der Waals surface area contributed by atoms with Gasteiger partial charge in [0.1, 0.15) is 23.0 Å². The lowest BCUT2D eigenvalue weighted by Gasteiger charge is -2.07. The average Bonchev–Trinajstić information content (AvgIpc) is 3.24. The number of carbonyl (C=O) groups excluding carboxylic acids is 2. The summed E-state index contributed by atoms with van der Waals surface area (Å²) in [5, 5.41) is 0. The maximum atomic E-state index is 11.4. The SMILES string of the molecule is CCOC1=Nc2ccc(Cc3ccc4c(c3)C(=C=O)C(OCC)=N4)cc2C1=C=O. The molecule has 0 amide bonds. The Bertz CT molecular complexity index is 1070. The smallest absolute Gasteiger partial charge is 0.233 e. The van der Waals surface area contributed by atoms with Gasteiger partial charge in [0.05, 0.1) is 24.6 Å². The van der Waals surface area contributed by atoms with E-state index < -0.39 is 0 Å². The quantitative estimate of drug-likeness (QED) is 0.748. The summed E-state index contributed by atoms with van der Waals surface area (Å²) in [5.74, 6) is 4.52. The molecule has 2 aliphatic rings. The van der Waals surface area contributed by atoms with Crippen molar-refractivity contribution < 1.29 is 19.1 Å². The molecule has 0 saturated carbocycles. The molecule has 2 aromatic rings. The van der Waals surface area contributed by atoms with Crippen LogP contribution in [-0.2, 0) is 25.5 Å². The molecule has 0 atom stereocenters. The second-order valence-electron chi connectivity index (χ2n) is 6.53. The second kappa shape index (κ2) is 7.72. The zero-order valence-electron chi connectivity index (χ0n) is 16.1. The summed E-state index contributed by atoms with van der Waals surface area (Å²) in [5.41, 5.74) is 5.54. The topological polar surface area (TPSA) is 77.3 Å². The van der Waals surface area contributed by atoms with Crippen molar-refractivity contribution in [2.45, 2.75) is 20.3 Å². The predicted octanol–water partition coefficient (Wildman–Crippen LogP) is 3.87. The molecule has 144 valence electrons. The third-order valence-electron chi connectivity index (χ3n) is 4.71. The number of fused-ring (bicyclic) bond motifs is 2. The Kier molecular flexibility index (Phi) is 4.96. The lowest BCUT2D eigenvalue weighted by atomic mass is 9.97. The number of aliphatic imine (C=N–C) groups is 2.